The highest BCUT2D eigenvalue weighted by atomic mass is 79.9. The van der Waals surface area contributed by atoms with E-state index in [1.54, 1.807) is 36.4 Å². The number of alkyl halides is 1. The molecule has 0 aliphatic heterocycles. The summed E-state index contributed by atoms with van der Waals surface area (Å²) in [5.74, 6) is -0.860. The SMILES string of the molecule is O=C(N[C@@H](Cc1ccccc1)C(=O)Nc1ccc2c(Cl)c(OCCBr)oc(=O)c2c1)c1ccccc1. The number of hydrogen-bond acceptors (Lipinski definition) is 5. The fourth-order valence-corrected chi connectivity index (χ4v) is 4.04. The molecule has 0 saturated heterocycles. The van der Waals surface area contributed by atoms with Crippen LogP contribution in [-0.4, -0.2) is 29.8 Å². The normalized spacial score (nSPS) is 11.6. The summed E-state index contributed by atoms with van der Waals surface area (Å²) in [5.41, 5.74) is 1.04. The Bertz CT molecular complexity index is 1430. The predicted molar refractivity (Wildman–Crippen MR) is 143 cm³/mol. The summed E-state index contributed by atoms with van der Waals surface area (Å²) in [6.45, 7) is 0.278. The summed E-state index contributed by atoms with van der Waals surface area (Å²) >= 11 is 9.59. The molecule has 0 aliphatic rings. The molecule has 0 unspecified atom stereocenters. The van der Waals surface area contributed by atoms with Crippen molar-refractivity contribution in [2.24, 2.45) is 0 Å². The zero-order valence-electron chi connectivity index (χ0n) is 19.0. The number of halogens is 2. The number of rotatable bonds is 9. The second kappa shape index (κ2) is 11.9. The number of amides is 2. The van der Waals surface area contributed by atoms with Gasteiger partial charge in [-0.15, -0.1) is 0 Å². The van der Waals surface area contributed by atoms with Gasteiger partial charge < -0.3 is 19.8 Å². The molecule has 9 heteroatoms. The van der Waals surface area contributed by atoms with E-state index in [4.69, 9.17) is 20.8 Å². The molecule has 184 valence electrons. The Labute approximate surface area is 220 Å². The molecule has 0 radical (unpaired) electrons. The van der Waals surface area contributed by atoms with Crippen LogP contribution in [0.4, 0.5) is 5.69 Å². The molecule has 0 bridgehead atoms. The van der Waals surface area contributed by atoms with Gasteiger partial charge in [0.15, 0.2) is 0 Å². The average Bonchev–Trinajstić information content (AvgIpc) is 2.90. The Morgan fingerprint density at radius 2 is 1.67 bits per heavy atom. The lowest BCUT2D eigenvalue weighted by Gasteiger charge is -2.19. The van der Waals surface area contributed by atoms with Crippen LogP contribution >= 0.6 is 27.5 Å². The van der Waals surface area contributed by atoms with E-state index in [0.717, 1.165) is 5.56 Å². The van der Waals surface area contributed by atoms with Gasteiger partial charge in [0.2, 0.25) is 5.91 Å². The quantitative estimate of drug-likeness (QED) is 0.270. The number of anilines is 1. The molecule has 3 aromatic carbocycles. The molecule has 1 aromatic heterocycles. The maximum absolute atomic E-state index is 13.3. The molecule has 36 heavy (non-hydrogen) atoms. The van der Waals surface area contributed by atoms with Gasteiger partial charge >= 0.3 is 11.6 Å². The molecule has 4 aromatic rings. The highest BCUT2D eigenvalue weighted by Crippen LogP contribution is 2.32. The molecule has 0 spiro atoms. The number of hydrogen-bond donors (Lipinski definition) is 2. The van der Waals surface area contributed by atoms with Crippen LogP contribution in [0.15, 0.2) is 88.1 Å². The van der Waals surface area contributed by atoms with E-state index in [1.807, 2.05) is 36.4 Å². The molecule has 0 saturated carbocycles. The molecule has 4 rings (SSSR count). The van der Waals surface area contributed by atoms with Crippen molar-refractivity contribution in [1.82, 2.24) is 5.32 Å². The van der Waals surface area contributed by atoms with Crippen LogP contribution in [0.5, 0.6) is 5.95 Å². The Balaban J connectivity index is 1.58. The standard InChI is InChI=1S/C27H22BrClN2O5/c28-13-14-35-27-23(29)20-12-11-19(16-21(20)26(34)36-27)30-25(33)22(15-17-7-3-1-4-8-17)31-24(32)18-9-5-2-6-10-18/h1-12,16,22H,13-15H2,(H,30,33)(H,31,32)/t22-/m0/s1. The van der Waals surface area contributed by atoms with E-state index < -0.39 is 17.6 Å². The number of nitrogens with one attached hydrogen (secondary N) is 2. The van der Waals surface area contributed by atoms with Crippen LogP contribution in [0, 0.1) is 0 Å². The molecule has 2 N–H and O–H groups in total. The maximum Gasteiger partial charge on any atom is 0.346 e. The largest absolute Gasteiger partial charge is 0.463 e. The fourth-order valence-electron chi connectivity index (χ4n) is 3.62. The first-order valence-electron chi connectivity index (χ1n) is 11.1. The summed E-state index contributed by atoms with van der Waals surface area (Å²) < 4.78 is 10.6. The van der Waals surface area contributed by atoms with E-state index >= 15 is 0 Å². The molecule has 7 nitrogen and oxygen atoms in total. The first-order chi connectivity index (χ1) is 17.5. The van der Waals surface area contributed by atoms with E-state index in [9.17, 15) is 14.4 Å². The monoisotopic (exact) mass is 568 g/mol. The molecule has 1 atom stereocenters. The van der Waals surface area contributed by atoms with Crippen LogP contribution < -0.4 is 21.0 Å². The van der Waals surface area contributed by atoms with Crippen molar-refractivity contribution in [2.45, 2.75) is 12.5 Å². The van der Waals surface area contributed by atoms with Crippen molar-refractivity contribution < 1.29 is 18.7 Å². The van der Waals surface area contributed by atoms with Gasteiger partial charge in [-0.05, 0) is 29.8 Å². The van der Waals surface area contributed by atoms with Crippen LogP contribution in [-0.2, 0) is 11.2 Å². The highest BCUT2D eigenvalue weighted by molar-refractivity contribution is 9.09. The Hall–Kier alpha value is -3.62. The molecule has 2 amide bonds. The lowest BCUT2D eigenvalue weighted by Crippen LogP contribution is -2.45. The summed E-state index contributed by atoms with van der Waals surface area (Å²) in [6.07, 6.45) is 0.279. The van der Waals surface area contributed by atoms with Crippen LogP contribution in [0.1, 0.15) is 15.9 Å². The summed E-state index contributed by atoms with van der Waals surface area (Å²) in [5, 5.41) is 6.95. The lowest BCUT2D eigenvalue weighted by atomic mass is 10.0. The third-order valence-electron chi connectivity index (χ3n) is 5.36. The summed E-state index contributed by atoms with van der Waals surface area (Å²) in [6, 6.07) is 21.9. The van der Waals surface area contributed by atoms with Gasteiger partial charge in [0.25, 0.3) is 5.91 Å². The van der Waals surface area contributed by atoms with Gasteiger partial charge in [-0.25, -0.2) is 4.79 Å². The number of carbonyl (C=O) groups excluding carboxylic acids is 2. The predicted octanol–water partition coefficient (Wildman–Crippen LogP) is 5.20. The van der Waals surface area contributed by atoms with E-state index in [-0.39, 0.29) is 35.3 Å². The third-order valence-corrected chi connectivity index (χ3v) is 6.04. The summed E-state index contributed by atoms with van der Waals surface area (Å²) in [4.78, 5) is 38.6. The number of fused-ring (bicyclic) bond motifs is 1. The minimum atomic E-state index is -0.865. The molecule has 1 heterocycles. The number of ether oxygens (including phenoxy) is 1. The molecule has 0 aliphatic carbocycles. The smallest absolute Gasteiger partial charge is 0.346 e. The minimum absolute atomic E-state index is 0.0584. The molecular weight excluding hydrogens is 548 g/mol. The van der Waals surface area contributed by atoms with E-state index in [1.165, 1.54) is 6.07 Å². The van der Waals surface area contributed by atoms with Crippen molar-refractivity contribution in [3.05, 3.63) is 105 Å². The van der Waals surface area contributed by atoms with Crippen LogP contribution in [0.3, 0.4) is 0 Å². The second-order valence-electron chi connectivity index (χ2n) is 7.86. The van der Waals surface area contributed by atoms with Gasteiger partial charge in [0.1, 0.15) is 17.7 Å². The van der Waals surface area contributed by atoms with Crippen LogP contribution in [0.2, 0.25) is 5.02 Å². The van der Waals surface area contributed by atoms with Crippen molar-refractivity contribution in [3.63, 3.8) is 0 Å². The number of benzene rings is 3. The van der Waals surface area contributed by atoms with Crippen molar-refractivity contribution in [2.75, 3.05) is 17.3 Å². The second-order valence-corrected chi connectivity index (χ2v) is 9.03. The Kier molecular flexibility index (Phi) is 8.40. The topological polar surface area (TPSA) is 97.6 Å². The first kappa shape index (κ1) is 25.5. The van der Waals surface area contributed by atoms with Gasteiger partial charge in [-0.2, -0.15) is 0 Å². The minimum Gasteiger partial charge on any atom is -0.463 e. The maximum atomic E-state index is 13.3. The summed E-state index contributed by atoms with van der Waals surface area (Å²) in [7, 11) is 0. The van der Waals surface area contributed by atoms with Crippen molar-refractivity contribution in [3.8, 4) is 5.95 Å². The first-order valence-corrected chi connectivity index (χ1v) is 12.6. The number of carbonyl (C=O) groups is 2. The van der Waals surface area contributed by atoms with Gasteiger partial charge in [0, 0.05) is 28.4 Å². The fraction of sp³-hybridized carbons (Fsp3) is 0.148. The van der Waals surface area contributed by atoms with Crippen LogP contribution in [0.25, 0.3) is 10.8 Å². The zero-order valence-corrected chi connectivity index (χ0v) is 21.3. The van der Waals surface area contributed by atoms with Gasteiger partial charge in [0.05, 0.1) is 5.39 Å². The van der Waals surface area contributed by atoms with E-state index in [0.29, 0.717) is 22.0 Å². The van der Waals surface area contributed by atoms with Gasteiger partial charge in [-0.3, -0.25) is 9.59 Å². The Morgan fingerprint density at radius 3 is 2.36 bits per heavy atom. The Morgan fingerprint density at radius 1 is 0.972 bits per heavy atom. The average molecular weight is 570 g/mol. The van der Waals surface area contributed by atoms with Crippen molar-refractivity contribution in [1.29, 1.82) is 0 Å². The van der Waals surface area contributed by atoms with Crippen molar-refractivity contribution >= 4 is 55.8 Å². The highest BCUT2D eigenvalue weighted by Gasteiger charge is 2.23. The molecule has 0 fully saturated rings. The third kappa shape index (κ3) is 6.13. The van der Waals surface area contributed by atoms with E-state index in [2.05, 4.69) is 26.6 Å². The van der Waals surface area contributed by atoms with Gasteiger partial charge in [-0.1, -0.05) is 82.1 Å². The zero-order chi connectivity index (χ0) is 25.5. The lowest BCUT2D eigenvalue weighted by molar-refractivity contribution is -0.118. The molecular formula is C27H22BrClN2O5.